The summed E-state index contributed by atoms with van der Waals surface area (Å²) in [4.78, 5) is 3.52. The number of oxazole rings is 1. The lowest BCUT2D eigenvalue weighted by Crippen LogP contribution is -2.10. The van der Waals surface area contributed by atoms with Gasteiger partial charge in [0.2, 0.25) is 0 Å². The fourth-order valence-corrected chi connectivity index (χ4v) is 1.00. The maximum atomic E-state index is 12.4. The van der Waals surface area contributed by atoms with Crippen molar-refractivity contribution in [3.8, 4) is 0 Å². The topological polar surface area (TPSA) is 50.1 Å². The zero-order chi connectivity index (χ0) is 11.3. The Morgan fingerprint density at radius 3 is 2.53 bits per heavy atom. The third-order valence-corrected chi connectivity index (χ3v) is 1.55. The minimum atomic E-state index is -0.773. The molecule has 2 rings (SSSR count). The summed E-state index contributed by atoms with van der Waals surface area (Å²) in [6.45, 7) is 1.92. The van der Waals surface area contributed by atoms with Gasteiger partial charge in [-0.2, -0.15) is 4.98 Å². The summed E-state index contributed by atoms with van der Waals surface area (Å²) >= 11 is 0. The quantitative estimate of drug-likeness (QED) is 0.569. The molecular formula is C8H8F3N3O. The van der Waals surface area contributed by atoms with Crippen molar-refractivity contribution in [3.63, 3.8) is 0 Å². The van der Waals surface area contributed by atoms with Gasteiger partial charge < -0.3 is 4.42 Å². The predicted molar refractivity (Wildman–Crippen MR) is 47.2 cm³/mol. The summed E-state index contributed by atoms with van der Waals surface area (Å²) in [6, 6.07) is 5.35. The fourth-order valence-electron chi connectivity index (χ4n) is 1.00. The number of hydrogen-bond donors (Lipinski definition) is 2. The summed E-state index contributed by atoms with van der Waals surface area (Å²) in [5.41, 5.74) is 3.13. The molecule has 1 aromatic heterocycles. The second-order valence-corrected chi connectivity index (χ2v) is 2.63. The van der Waals surface area contributed by atoms with Crippen molar-refractivity contribution < 1.29 is 17.8 Å². The molecule has 0 spiro atoms. The minimum Gasteiger partial charge on any atom is -0.415 e. The molecule has 15 heavy (non-hydrogen) atoms. The van der Waals surface area contributed by atoms with E-state index in [4.69, 9.17) is 0 Å². The molecule has 1 aromatic carbocycles. The van der Waals surface area contributed by atoms with Crippen molar-refractivity contribution in [2.24, 2.45) is 0 Å². The van der Waals surface area contributed by atoms with Gasteiger partial charge in [-0.25, -0.2) is 0 Å². The number of nitrogens with one attached hydrogen (secondary N) is 2. The van der Waals surface area contributed by atoms with Crippen LogP contribution in [0.1, 0.15) is 5.56 Å². The van der Waals surface area contributed by atoms with Crippen LogP contribution in [-0.2, 0) is 0 Å². The Morgan fingerprint density at radius 1 is 1.27 bits per heavy atom. The van der Waals surface area contributed by atoms with E-state index in [0.717, 1.165) is 5.56 Å². The highest BCUT2D eigenvalue weighted by Gasteiger charge is 2.02. The first kappa shape index (κ1) is 11.5. The molecule has 0 saturated heterocycles. The van der Waals surface area contributed by atoms with Crippen LogP contribution in [0.25, 0.3) is 11.1 Å². The summed E-state index contributed by atoms with van der Waals surface area (Å²) in [5, 5.41) is 0. The van der Waals surface area contributed by atoms with E-state index in [1.807, 2.05) is 13.0 Å². The molecule has 0 aliphatic heterocycles. The van der Waals surface area contributed by atoms with Gasteiger partial charge in [0.05, 0.1) is 0 Å². The van der Waals surface area contributed by atoms with Crippen molar-refractivity contribution >= 4 is 11.1 Å². The molecule has 0 aliphatic rings. The van der Waals surface area contributed by atoms with E-state index in [1.165, 1.54) is 0 Å². The highest BCUT2D eigenvalue weighted by molar-refractivity contribution is 5.72. The van der Waals surface area contributed by atoms with Crippen LogP contribution in [0.3, 0.4) is 0 Å². The number of benzene rings is 1. The minimum absolute atomic E-state index is 0.502. The van der Waals surface area contributed by atoms with Crippen molar-refractivity contribution in [3.05, 3.63) is 29.9 Å². The Morgan fingerprint density at radius 2 is 1.93 bits per heavy atom. The number of aryl methyl sites for hydroxylation is 1. The molecule has 0 bridgehead atoms. The SMILES string of the molecule is Cc1ccc2nc(F)oc2c1.FNNF. The first-order chi connectivity index (χ1) is 7.17. The summed E-state index contributed by atoms with van der Waals surface area (Å²) < 4.78 is 37.0. The number of halogens is 3. The van der Waals surface area contributed by atoms with Gasteiger partial charge in [-0.15, -0.1) is 13.4 Å². The van der Waals surface area contributed by atoms with Gasteiger partial charge in [0, 0.05) is 0 Å². The molecule has 0 fully saturated rings. The third kappa shape index (κ3) is 3.22. The molecule has 0 aliphatic carbocycles. The van der Waals surface area contributed by atoms with E-state index in [1.54, 1.807) is 12.1 Å². The first-order valence-electron chi connectivity index (χ1n) is 3.91. The number of fused-ring (bicyclic) bond motifs is 1. The maximum absolute atomic E-state index is 12.4. The van der Waals surface area contributed by atoms with Crippen LogP contribution >= 0.6 is 0 Å². The van der Waals surface area contributed by atoms with Crippen LogP contribution in [0, 0.1) is 13.1 Å². The molecule has 0 unspecified atom stereocenters. The number of aromatic nitrogens is 1. The second-order valence-electron chi connectivity index (χ2n) is 2.63. The standard InChI is InChI=1S/C8H6FNO.F2H2N2/c1-5-2-3-6-7(4-5)11-8(9)10-6;1-3-4-2/h2-4H,1H3;3-4H. The molecule has 1 heterocycles. The zero-order valence-corrected chi connectivity index (χ0v) is 7.72. The monoisotopic (exact) mass is 219 g/mol. The zero-order valence-electron chi connectivity index (χ0n) is 7.72. The Balaban J connectivity index is 0.000000245. The molecule has 0 saturated carbocycles. The van der Waals surface area contributed by atoms with Crippen LogP contribution in [0.2, 0.25) is 0 Å². The molecule has 7 heteroatoms. The van der Waals surface area contributed by atoms with Gasteiger partial charge in [0.25, 0.3) is 0 Å². The Bertz CT molecular complexity index is 430. The average molecular weight is 219 g/mol. The lowest BCUT2D eigenvalue weighted by molar-refractivity contribution is 0.140. The number of rotatable bonds is 1. The third-order valence-electron chi connectivity index (χ3n) is 1.55. The van der Waals surface area contributed by atoms with Gasteiger partial charge in [0.15, 0.2) is 5.58 Å². The largest absolute Gasteiger partial charge is 0.415 e. The van der Waals surface area contributed by atoms with Crippen LogP contribution < -0.4 is 11.3 Å². The lowest BCUT2D eigenvalue weighted by atomic mass is 10.2. The number of hydrazine groups is 1. The normalized spacial score (nSPS) is 9.87. The molecule has 2 N–H and O–H groups in total. The van der Waals surface area contributed by atoms with Gasteiger partial charge >= 0.3 is 6.14 Å². The first-order valence-corrected chi connectivity index (χ1v) is 3.91. The van der Waals surface area contributed by atoms with E-state index in [2.05, 4.69) is 9.40 Å². The fraction of sp³-hybridized carbons (Fsp3) is 0.125. The number of hydrogen-bond acceptors (Lipinski definition) is 4. The van der Waals surface area contributed by atoms with Crippen molar-refractivity contribution in [2.45, 2.75) is 6.92 Å². The van der Waals surface area contributed by atoms with E-state index in [9.17, 15) is 13.4 Å². The molecule has 0 amide bonds. The van der Waals surface area contributed by atoms with Crippen LogP contribution in [0.4, 0.5) is 13.4 Å². The molecule has 4 nitrogen and oxygen atoms in total. The second kappa shape index (κ2) is 5.32. The number of nitrogens with zero attached hydrogens (tertiary/aromatic N) is 1. The van der Waals surface area contributed by atoms with E-state index < -0.39 is 6.14 Å². The van der Waals surface area contributed by atoms with E-state index in [-0.39, 0.29) is 0 Å². The van der Waals surface area contributed by atoms with Crippen molar-refractivity contribution in [2.75, 3.05) is 0 Å². The lowest BCUT2D eigenvalue weighted by Gasteiger charge is -1.87. The smallest absolute Gasteiger partial charge is 0.382 e. The average Bonchev–Trinajstić information content (AvgIpc) is 2.58. The maximum Gasteiger partial charge on any atom is 0.382 e. The van der Waals surface area contributed by atoms with Crippen LogP contribution in [-0.4, -0.2) is 4.98 Å². The Labute approximate surface area is 82.9 Å². The highest BCUT2D eigenvalue weighted by atomic mass is 19.2. The molecule has 0 radical (unpaired) electrons. The van der Waals surface area contributed by atoms with Crippen LogP contribution in [0.5, 0.6) is 0 Å². The van der Waals surface area contributed by atoms with Gasteiger partial charge in [-0.3, -0.25) is 0 Å². The van der Waals surface area contributed by atoms with E-state index in [0.29, 0.717) is 22.4 Å². The summed E-state index contributed by atoms with van der Waals surface area (Å²) in [6.07, 6.45) is -0.773. The Kier molecular flexibility index (Phi) is 4.07. The van der Waals surface area contributed by atoms with E-state index >= 15 is 0 Å². The molecule has 0 atom stereocenters. The summed E-state index contributed by atoms with van der Waals surface area (Å²) in [5.74, 6) is 0. The predicted octanol–water partition coefficient (Wildman–Crippen LogP) is 2.12. The summed E-state index contributed by atoms with van der Waals surface area (Å²) in [7, 11) is 0. The molecular weight excluding hydrogens is 211 g/mol. The van der Waals surface area contributed by atoms with Gasteiger partial charge in [0.1, 0.15) is 5.52 Å². The van der Waals surface area contributed by atoms with Crippen molar-refractivity contribution in [1.82, 2.24) is 16.3 Å². The van der Waals surface area contributed by atoms with Crippen LogP contribution in [0.15, 0.2) is 22.6 Å². The Hall–Kier alpha value is -1.60. The van der Waals surface area contributed by atoms with Gasteiger partial charge in [-0.1, -0.05) is 17.4 Å². The molecule has 82 valence electrons. The van der Waals surface area contributed by atoms with Gasteiger partial charge in [-0.05, 0) is 24.6 Å². The highest BCUT2D eigenvalue weighted by Crippen LogP contribution is 2.15. The van der Waals surface area contributed by atoms with Crippen molar-refractivity contribution in [1.29, 1.82) is 0 Å². The molecule has 2 aromatic rings.